The van der Waals surface area contributed by atoms with Gasteiger partial charge < -0.3 is 19.9 Å². The van der Waals surface area contributed by atoms with Gasteiger partial charge >= 0.3 is 12.1 Å². The van der Waals surface area contributed by atoms with E-state index in [1.807, 2.05) is 43.3 Å². The van der Waals surface area contributed by atoms with E-state index in [9.17, 15) is 14.7 Å². The van der Waals surface area contributed by atoms with Crippen LogP contribution in [0.2, 0.25) is 0 Å². The van der Waals surface area contributed by atoms with Crippen LogP contribution in [0.3, 0.4) is 0 Å². The summed E-state index contributed by atoms with van der Waals surface area (Å²) >= 11 is 0. The maximum atomic E-state index is 12.6. The Morgan fingerprint density at radius 2 is 1.76 bits per heavy atom. The highest BCUT2D eigenvalue weighted by Crippen LogP contribution is 2.56. The molecule has 2 N–H and O–H groups in total. The Kier molecular flexibility index (Phi) is 3.96. The Bertz CT molecular complexity index is 959. The van der Waals surface area contributed by atoms with Gasteiger partial charge in [0.05, 0.1) is 6.10 Å². The second kappa shape index (κ2) is 6.32. The van der Waals surface area contributed by atoms with Crippen molar-refractivity contribution in [2.45, 2.75) is 37.3 Å². The van der Waals surface area contributed by atoms with E-state index in [0.29, 0.717) is 13.0 Å². The average molecular weight is 393 g/mol. The summed E-state index contributed by atoms with van der Waals surface area (Å²) in [7, 11) is 0. The van der Waals surface area contributed by atoms with Crippen LogP contribution in [0.1, 0.15) is 36.8 Å². The Morgan fingerprint density at radius 3 is 2.34 bits per heavy atom. The monoisotopic (exact) mass is 393 g/mol. The van der Waals surface area contributed by atoms with Crippen LogP contribution >= 0.6 is 0 Å². The van der Waals surface area contributed by atoms with Crippen molar-refractivity contribution in [2.75, 3.05) is 13.2 Å². The number of nitrogens with one attached hydrogen (secondary N) is 1. The van der Waals surface area contributed by atoms with Crippen molar-refractivity contribution in [3.63, 3.8) is 0 Å². The number of hydrogen-bond acceptors (Lipinski definition) is 4. The van der Waals surface area contributed by atoms with Crippen molar-refractivity contribution < 1.29 is 24.2 Å². The summed E-state index contributed by atoms with van der Waals surface area (Å²) in [6.45, 7) is 2.67. The Labute approximate surface area is 168 Å². The molecule has 1 saturated heterocycles. The second-order valence-corrected chi connectivity index (χ2v) is 8.56. The molecule has 0 bridgehead atoms. The van der Waals surface area contributed by atoms with Crippen molar-refractivity contribution in [2.24, 2.45) is 5.41 Å². The number of carboxylic acid groups (broad SMARTS) is 1. The fourth-order valence-corrected chi connectivity index (χ4v) is 5.43. The SMILES string of the molecule is CC12CCOC1C(NC(=O)OCC1c3ccccc3-c3ccccc31)(C(=O)O)C2. The number of hydrogen-bond donors (Lipinski definition) is 2. The standard InChI is InChI=1S/C23H23NO5/c1-22-10-11-28-19(22)23(13-22,20(25)26)24-21(27)29-12-18-16-8-4-2-6-14(16)15-7-3-5-9-17(15)18/h2-9,18-19H,10-13H2,1H3,(H,24,27)(H,25,26). The van der Waals surface area contributed by atoms with Crippen LogP contribution in [0.15, 0.2) is 48.5 Å². The minimum absolute atomic E-state index is 0.0664. The molecule has 2 aromatic carbocycles. The fourth-order valence-electron chi connectivity index (χ4n) is 5.43. The van der Waals surface area contributed by atoms with Gasteiger partial charge in [-0.25, -0.2) is 9.59 Å². The number of aliphatic carboxylic acids is 1. The van der Waals surface area contributed by atoms with Crippen LogP contribution in [-0.4, -0.2) is 42.0 Å². The van der Waals surface area contributed by atoms with Crippen LogP contribution in [-0.2, 0) is 14.3 Å². The molecule has 1 amide bonds. The number of benzene rings is 2. The lowest BCUT2D eigenvalue weighted by Gasteiger charge is -2.54. The highest BCUT2D eigenvalue weighted by Gasteiger charge is 2.69. The molecule has 3 aliphatic rings. The van der Waals surface area contributed by atoms with Gasteiger partial charge in [0.25, 0.3) is 0 Å². The summed E-state index contributed by atoms with van der Waals surface area (Å²) in [5, 5.41) is 12.4. The molecule has 6 nitrogen and oxygen atoms in total. The molecule has 5 rings (SSSR count). The van der Waals surface area contributed by atoms with Crippen LogP contribution in [0.5, 0.6) is 0 Å². The van der Waals surface area contributed by atoms with Gasteiger partial charge in [-0.15, -0.1) is 0 Å². The molecule has 2 fully saturated rings. The first kappa shape index (κ1) is 18.2. The summed E-state index contributed by atoms with van der Waals surface area (Å²) in [6, 6.07) is 16.2. The van der Waals surface area contributed by atoms with Gasteiger partial charge in [0.15, 0.2) is 5.54 Å². The van der Waals surface area contributed by atoms with Crippen molar-refractivity contribution >= 4 is 12.1 Å². The molecule has 6 heteroatoms. The average Bonchev–Trinajstić information content (AvgIpc) is 3.19. The van der Waals surface area contributed by atoms with E-state index in [0.717, 1.165) is 28.7 Å². The van der Waals surface area contributed by atoms with E-state index in [1.54, 1.807) is 0 Å². The molecule has 2 aliphatic carbocycles. The zero-order valence-corrected chi connectivity index (χ0v) is 16.2. The third-order valence-electron chi connectivity index (χ3n) is 6.77. The lowest BCUT2D eigenvalue weighted by Crippen LogP contribution is -2.74. The molecule has 29 heavy (non-hydrogen) atoms. The van der Waals surface area contributed by atoms with E-state index in [4.69, 9.17) is 9.47 Å². The van der Waals surface area contributed by atoms with Crippen molar-refractivity contribution in [3.8, 4) is 11.1 Å². The minimum atomic E-state index is -1.41. The van der Waals surface area contributed by atoms with Crippen molar-refractivity contribution in [1.29, 1.82) is 0 Å². The van der Waals surface area contributed by atoms with E-state index in [-0.39, 0.29) is 17.9 Å². The van der Waals surface area contributed by atoms with Crippen molar-refractivity contribution in [1.82, 2.24) is 5.32 Å². The third kappa shape index (κ3) is 2.59. The first-order valence-corrected chi connectivity index (χ1v) is 9.93. The number of rotatable bonds is 4. The van der Waals surface area contributed by atoms with Gasteiger partial charge in [-0.2, -0.15) is 0 Å². The topological polar surface area (TPSA) is 84.9 Å². The fraction of sp³-hybridized carbons (Fsp3) is 0.391. The lowest BCUT2D eigenvalue weighted by atomic mass is 9.55. The Balaban J connectivity index is 1.32. The molecule has 0 spiro atoms. The zero-order valence-electron chi connectivity index (χ0n) is 16.2. The van der Waals surface area contributed by atoms with Gasteiger partial charge in [0.1, 0.15) is 6.61 Å². The summed E-state index contributed by atoms with van der Waals surface area (Å²) in [6.07, 6.45) is -0.0803. The van der Waals surface area contributed by atoms with Gasteiger partial charge in [0.2, 0.25) is 0 Å². The second-order valence-electron chi connectivity index (χ2n) is 8.56. The highest BCUT2D eigenvalue weighted by molar-refractivity contribution is 5.87. The Morgan fingerprint density at radius 1 is 1.14 bits per heavy atom. The molecule has 1 saturated carbocycles. The molecule has 1 heterocycles. The highest BCUT2D eigenvalue weighted by atomic mass is 16.6. The molecule has 150 valence electrons. The maximum Gasteiger partial charge on any atom is 0.408 e. The van der Waals surface area contributed by atoms with Gasteiger partial charge in [0, 0.05) is 17.9 Å². The molecule has 3 unspecified atom stereocenters. The van der Waals surface area contributed by atoms with Gasteiger partial charge in [-0.1, -0.05) is 55.5 Å². The molecular weight excluding hydrogens is 370 g/mol. The van der Waals surface area contributed by atoms with Crippen LogP contribution < -0.4 is 5.32 Å². The van der Waals surface area contributed by atoms with Crippen LogP contribution in [0, 0.1) is 5.41 Å². The number of carbonyl (C=O) groups excluding carboxylic acids is 1. The molecule has 3 atom stereocenters. The van der Waals surface area contributed by atoms with E-state index in [2.05, 4.69) is 17.4 Å². The quantitative estimate of drug-likeness (QED) is 0.830. The van der Waals surface area contributed by atoms with Gasteiger partial charge in [-0.3, -0.25) is 0 Å². The minimum Gasteiger partial charge on any atom is -0.479 e. The molecular formula is C23H23NO5. The molecule has 0 aromatic heterocycles. The number of alkyl carbamates (subject to hydrolysis) is 1. The smallest absolute Gasteiger partial charge is 0.408 e. The largest absolute Gasteiger partial charge is 0.479 e. The van der Waals surface area contributed by atoms with E-state index >= 15 is 0 Å². The van der Waals surface area contributed by atoms with Crippen LogP contribution in [0.25, 0.3) is 11.1 Å². The third-order valence-corrected chi connectivity index (χ3v) is 6.77. The molecule has 2 aromatic rings. The van der Waals surface area contributed by atoms with E-state index in [1.165, 1.54) is 0 Å². The summed E-state index contributed by atoms with van der Waals surface area (Å²) in [5.41, 5.74) is 2.92. The number of amides is 1. The first-order chi connectivity index (χ1) is 13.9. The Hall–Kier alpha value is -2.86. The normalized spacial score (nSPS) is 29.3. The number of carbonyl (C=O) groups is 2. The summed E-state index contributed by atoms with van der Waals surface area (Å²) in [4.78, 5) is 24.5. The predicted molar refractivity (Wildman–Crippen MR) is 106 cm³/mol. The zero-order chi connectivity index (χ0) is 20.2. The lowest BCUT2D eigenvalue weighted by molar-refractivity contribution is -0.174. The van der Waals surface area contributed by atoms with Gasteiger partial charge in [-0.05, 0) is 35.1 Å². The number of fused-ring (bicyclic) bond motifs is 4. The van der Waals surface area contributed by atoms with E-state index < -0.39 is 23.7 Å². The first-order valence-electron chi connectivity index (χ1n) is 9.93. The molecule has 0 radical (unpaired) electrons. The summed E-state index contributed by atoms with van der Waals surface area (Å²) < 4.78 is 11.2. The number of carboxylic acids is 1. The predicted octanol–water partition coefficient (Wildman–Crippen LogP) is 3.55. The van der Waals surface area contributed by atoms with Crippen LogP contribution in [0.4, 0.5) is 4.79 Å². The van der Waals surface area contributed by atoms with Crippen molar-refractivity contribution in [3.05, 3.63) is 59.7 Å². The maximum absolute atomic E-state index is 12.6. The number of ether oxygens (including phenoxy) is 2. The molecule has 1 aliphatic heterocycles. The summed E-state index contributed by atoms with van der Waals surface area (Å²) in [5.74, 6) is -1.14.